The van der Waals surface area contributed by atoms with E-state index in [9.17, 15) is 4.79 Å². The number of fused-ring (bicyclic) bond motifs is 2. The van der Waals surface area contributed by atoms with Gasteiger partial charge in [-0.3, -0.25) is 4.79 Å². The fraction of sp³-hybridized carbons (Fsp3) is 0.889. The van der Waals surface area contributed by atoms with Crippen molar-refractivity contribution in [1.29, 1.82) is 0 Å². The molecule has 0 aromatic heterocycles. The second kappa shape index (κ2) is 3.05. The largest absolute Gasteiger partial charge is 0.370 e. The number of rotatable bonds is 2. The molecule has 2 heterocycles. The number of amides is 1. The Morgan fingerprint density at radius 2 is 1.92 bits per heavy atom. The van der Waals surface area contributed by atoms with Crippen LogP contribution in [0.3, 0.4) is 0 Å². The second-order valence-corrected chi connectivity index (χ2v) is 4.15. The van der Waals surface area contributed by atoms with Crippen LogP contribution in [-0.2, 0) is 4.79 Å². The highest BCUT2D eigenvalue weighted by molar-refractivity contribution is 5.74. The van der Waals surface area contributed by atoms with E-state index in [1.54, 1.807) is 0 Å². The maximum atomic E-state index is 10.7. The van der Waals surface area contributed by atoms with Gasteiger partial charge in [0.15, 0.2) is 0 Å². The Morgan fingerprint density at radius 1 is 1.33 bits per heavy atom. The van der Waals surface area contributed by atoms with Gasteiger partial charge in [-0.2, -0.15) is 0 Å². The molecule has 3 N–H and O–H groups in total. The van der Waals surface area contributed by atoms with Crippen LogP contribution in [0.1, 0.15) is 32.1 Å². The molecule has 3 heteroatoms. The molecule has 2 bridgehead atoms. The van der Waals surface area contributed by atoms with Crippen LogP contribution in [0, 0.1) is 5.92 Å². The average molecular weight is 168 g/mol. The van der Waals surface area contributed by atoms with Gasteiger partial charge in [0.05, 0.1) is 0 Å². The summed E-state index contributed by atoms with van der Waals surface area (Å²) in [6.07, 6.45) is 5.48. The lowest BCUT2D eigenvalue weighted by Crippen LogP contribution is -2.39. The molecule has 2 aliphatic heterocycles. The average Bonchev–Trinajstić information content (AvgIpc) is 2.29. The minimum absolute atomic E-state index is 0.138. The summed E-state index contributed by atoms with van der Waals surface area (Å²) in [6, 6.07) is 1.35. The van der Waals surface area contributed by atoms with Crippen molar-refractivity contribution in [2.24, 2.45) is 11.7 Å². The van der Waals surface area contributed by atoms with Gasteiger partial charge in [0.1, 0.15) is 0 Å². The summed E-state index contributed by atoms with van der Waals surface area (Å²) in [6.45, 7) is 0. The number of hydrogen-bond acceptors (Lipinski definition) is 2. The topological polar surface area (TPSA) is 55.1 Å². The smallest absolute Gasteiger partial charge is 0.217 e. The van der Waals surface area contributed by atoms with Crippen LogP contribution in [-0.4, -0.2) is 18.0 Å². The Kier molecular flexibility index (Phi) is 2.05. The van der Waals surface area contributed by atoms with Crippen molar-refractivity contribution in [2.45, 2.75) is 44.2 Å². The van der Waals surface area contributed by atoms with Crippen molar-refractivity contribution in [3.8, 4) is 0 Å². The number of primary amides is 1. The lowest BCUT2D eigenvalue weighted by Gasteiger charge is -2.28. The Balaban J connectivity index is 1.89. The van der Waals surface area contributed by atoms with E-state index in [2.05, 4.69) is 5.32 Å². The minimum Gasteiger partial charge on any atom is -0.370 e. The van der Waals surface area contributed by atoms with Gasteiger partial charge in [-0.25, -0.2) is 0 Å². The summed E-state index contributed by atoms with van der Waals surface area (Å²) >= 11 is 0. The van der Waals surface area contributed by atoms with E-state index < -0.39 is 0 Å². The molecule has 2 aliphatic rings. The summed E-state index contributed by atoms with van der Waals surface area (Å²) in [5, 5.41) is 3.54. The molecule has 0 unspecified atom stereocenters. The van der Waals surface area contributed by atoms with Gasteiger partial charge in [0, 0.05) is 18.5 Å². The van der Waals surface area contributed by atoms with Crippen molar-refractivity contribution in [1.82, 2.24) is 5.32 Å². The monoisotopic (exact) mass is 168 g/mol. The predicted octanol–water partition coefficient (Wildman–Crippen LogP) is 0.392. The molecule has 0 aromatic carbocycles. The van der Waals surface area contributed by atoms with Crippen molar-refractivity contribution >= 4 is 5.91 Å². The third-order valence-electron chi connectivity index (χ3n) is 3.06. The molecule has 12 heavy (non-hydrogen) atoms. The van der Waals surface area contributed by atoms with Gasteiger partial charge >= 0.3 is 0 Å². The molecule has 0 aliphatic carbocycles. The van der Waals surface area contributed by atoms with Crippen molar-refractivity contribution in [3.05, 3.63) is 0 Å². The fourth-order valence-corrected chi connectivity index (χ4v) is 2.63. The van der Waals surface area contributed by atoms with E-state index in [4.69, 9.17) is 5.73 Å². The number of carbonyl (C=O) groups is 1. The van der Waals surface area contributed by atoms with Crippen molar-refractivity contribution in [3.63, 3.8) is 0 Å². The summed E-state index contributed by atoms with van der Waals surface area (Å²) in [5.41, 5.74) is 5.18. The first-order chi connectivity index (χ1) is 5.74. The molecule has 3 atom stereocenters. The molecule has 2 saturated heterocycles. The van der Waals surface area contributed by atoms with E-state index in [0.717, 1.165) is 12.8 Å². The van der Waals surface area contributed by atoms with Crippen LogP contribution in [0.5, 0.6) is 0 Å². The normalized spacial score (nSPS) is 39.8. The molecule has 0 saturated carbocycles. The highest BCUT2D eigenvalue weighted by atomic mass is 16.1. The first kappa shape index (κ1) is 8.05. The summed E-state index contributed by atoms with van der Waals surface area (Å²) in [7, 11) is 0. The molecule has 2 rings (SSSR count). The van der Waals surface area contributed by atoms with E-state index >= 15 is 0 Å². The van der Waals surface area contributed by atoms with Gasteiger partial charge in [-0.1, -0.05) is 0 Å². The van der Waals surface area contributed by atoms with Gasteiger partial charge < -0.3 is 11.1 Å². The molecule has 2 fully saturated rings. The lowest BCUT2D eigenvalue weighted by atomic mass is 9.89. The second-order valence-electron chi connectivity index (χ2n) is 4.15. The van der Waals surface area contributed by atoms with Crippen LogP contribution in [0.15, 0.2) is 0 Å². The number of hydrogen-bond donors (Lipinski definition) is 2. The first-order valence-electron chi connectivity index (χ1n) is 4.78. The van der Waals surface area contributed by atoms with E-state index in [0.29, 0.717) is 24.4 Å². The van der Waals surface area contributed by atoms with E-state index in [1.165, 1.54) is 12.8 Å². The van der Waals surface area contributed by atoms with Gasteiger partial charge in [0.25, 0.3) is 0 Å². The maximum Gasteiger partial charge on any atom is 0.217 e. The van der Waals surface area contributed by atoms with Crippen molar-refractivity contribution in [2.75, 3.05) is 0 Å². The predicted molar refractivity (Wildman–Crippen MR) is 46.5 cm³/mol. The zero-order chi connectivity index (χ0) is 8.55. The Bertz CT molecular complexity index is 181. The third-order valence-corrected chi connectivity index (χ3v) is 3.06. The molecule has 0 radical (unpaired) electrons. The van der Waals surface area contributed by atoms with E-state index in [-0.39, 0.29) is 5.91 Å². The first-order valence-corrected chi connectivity index (χ1v) is 4.78. The zero-order valence-corrected chi connectivity index (χ0v) is 7.25. The Morgan fingerprint density at radius 3 is 2.42 bits per heavy atom. The fourth-order valence-electron chi connectivity index (χ4n) is 2.63. The molecule has 3 nitrogen and oxygen atoms in total. The van der Waals surface area contributed by atoms with E-state index in [1.807, 2.05) is 0 Å². The van der Waals surface area contributed by atoms with Gasteiger partial charge in [-0.05, 0) is 31.6 Å². The standard InChI is InChI=1S/C9H16N2O/c10-9(12)5-6-3-7-1-2-8(4-6)11-7/h6-8,11H,1-5H2,(H2,10,12)/t6-,7+,8-. The number of nitrogens with two attached hydrogens (primary N) is 1. The molecule has 1 amide bonds. The quantitative estimate of drug-likeness (QED) is 0.626. The molecule has 68 valence electrons. The Labute approximate surface area is 72.7 Å². The summed E-state index contributed by atoms with van der Waals surface area (Å²) < 4.78 is 0. The minimum atomic E-state index is -0.138. The van der Waals surface area contributed by atoms with Crippen LogP contribution < -0.4 is 11.1 Å². The van der Waals surface area contributed by atoms with Crippen molar-refractivity contribution < 1.29 is 4.79 Å². The highest BCUT2D eigenvalue weighted by Gasteiger charge is 2.33. The van der Waals surface area contributed by atoms with Gasteiger partial charge in [-0.15, -0.1) is 0 Å². The SMILES string of the molecule is NC(=O)C[C@H]1C[C@H]2CC[C@@H](C1)N2. The highest BCUT2D eigenvalue weighted by Crippen LogP contribution is 2.32. The third kappa shape index (κ3) is 1.61. The van der Waals surface area contributed by atoms with Crippen LogP contribution in [0.4, 0.5) is 0 Å². The van der Waals surface area contributed by atoms with Crippen LogP contribution in [0.2, 0.25) is 0 Å². The summed E-state index contributed by atoms with van der Waals surface area (Å²) in [4.78, 5) is 10.7. The van der Waals surface area contributed by atoms with Crippen LogP contribution >= 0.6 is 0 Å². The molecule has 0 aromatic rings. The van der Waals surface area contributed by atoms with Gasteiger partial charge in [0.2, 0.25) is 5.91 Å². The Hall–Kier alpha value is -0.570. The van der Waals surface area contributed by atoms with Crippen LogP contribution in [0.25, 0.3) is 0 Å². The number of nitrogens with one attached hydrogen (secondary N) is 1. The molecular weight excluding hydrogens is 152 g/mol. The lowest BCUT2D eigenvalue weighted by molar-refractivity contribution is -0.119. The summed E-state index contributed by atoms with van der Waals surface area (Å²) in [5.74, 6) is 0.419. The maximum absolute atomic E-state index is 10.7. The number of piperidine rings is 1. The molecular formula is C9H16N2O. The zero-order valence-electron chi connectivity index (χ0n) is 7.25. The molecule has 0 spiro atoms. The number of carbonyl (C=O) groups excluding carboxylic acids is 1.